The van der Waals surface area contributed by atoms with Gasteiger partial charge in [0.15, 0.2) is 0 Å². The average Bonchev–Trinajstić information content (AvgIpc) is 1.94. The van der Waals surface area contributed by atoms with Crippen molar-refractivity contribution in [3.63, 3.8) is 0 Å². The molecule has 1 aliphatic rings. The molecule has 5 heteroatoms. The van der Waals surface area contributed by atoms with Gasteiger partial charge >= 0.3 is 0 Å². The molecule has 1 saturated heterocycles. The van der Waals surface area contributed by atoms with Crippen LogP contribution in [0.4, 0.5) is 0 Å². The lowest BCUT2D eigenvalue weighted by atomic mass is 10.6. The van der Waals surface area contributed by atoms with Crippen molar-refractivity contribution in [2.24, 2.45) is 0 Å². The van der Waals surface area contributed by atoms with Gasteiger partial charge in [-0.05, 0) is 29.5 Å². The first kappa shape index (κ1) is 7.85. The van der Waals surface area contributed by atoms with Crippen LogP contribution < -0.4 is 0 Å². The summed E-state index contributed by atoms with van der Waals surface area (Å²) < 4.78 is 0. The van der Waals surface area contributed by atoms with Gasteiger partial charge < -0.3 is 0 Å². The van der Waals surface area contributed by atoms with E-state index in [0.717, 1.165) is 5.25 Å². The van der Waals surface area contributed by atoms with Gasteiger partial charge in [0.1, 0.15) is 0 Å². The minimum Gasteiger partial charge on any atom is -0.0805 e. The Balaban J connectivity index is 2.17. The van der Waals surface area contributed by atoms with Crippen molar-refractivity contribution in [3.8, 4) is 0 Å². The van der Waals surface area contributed by atoms with Gasteiger partial charge in [-0.25, -0.2) is 0 Å². The van der Waals surface area contributed by atoms with Crippen molar-refractivity contribution in [2.75, 3.05) is 5.75 Å². The third-order valence-corrected chi connectivity index (χ3v) is 10.1. The van der Waals surface area contributed by atoms with E-state index >= 15 is 0 Å². The monoisotopic (exact) mass is 202 g/mol. The molecule has 0 aromatic heterocycles. The Labute approximate surface area is 68.7 Å². The molecule has 0 aromatic rings. The molecule has 0 bridgehead atoms. The van der Waals surface area contributed by atoms with Gasteiger partial charge in [-0.3, -0.25) is 0 Å². The maximum Gasteiger partial charge on any atom is 0.0230 e. The Kier molecular flexibility index (Phi) is 4.46. The average molecular weight is 202 g/mol. The van der Waals surface area contributed by atoms with E-state index < -0.39 is 0 Å². The van der Waals surface area contributed by atoms with E-state index in [1.807, 2.05) is 51.1 Å². The van der Waals surface area contributed by atoms with Gasteiger partial charge in [-0.2, -0.15) is 0 Å². The quantitative estimate of drug-likeness (QED) is 0.547. The predicted molar refractivity (Wildman–Crippen MR) is 52.3 cm³/mol. The third kappa shape index (κ3) is 3.06. The van der Waals surface area contributed by atoms with Crippen LogP contribution in [0.2, 0.25) is 0 Å². The highest BCUT2D eigenvalue weighted by atomic mass is 33.8. The summed E-state index contributed by atoms with van der Waals surface area (Å²) in [5.74, 6) is 1.29. The fourth-order valence-corrected chi connectivity index (χ4v) is 10.3. The molecule has 0 nitrogen and oxygen atoms in total. The van der Waals surface area contributed by atoms with E-state index in [4.69, 9.17) is 0 Å². The minimum atomic E-state index is 0.826. The highest BCUT2D eigenvalue weighted by Crippen LogP contribution is 2.53. The molecule has 0 aliphatic carbocycles. The maximum absolute atomic E-state index is 2.27. The molecule has 0 saturated carbocycles. The molecular formula is C3H6S5. The van der Waals surface area contributed by atoms with Crippen molar-refractivity contribution >= 4 is 51.1 Å². The summed E-state index contributed by atoms with van der Waals surface area (Å²) in [7, 11) is 9.61. The minimum absolute atomic E-state index is 0.826. The van der Waals surface area contributed by atoms with Crippen molar-refractivity contribution in [2.45, 2.75) is 12.2 Å². The van der Waals surface area contributed by atoms with Crippen LogP contribution in [0.1, 0.15) is 6.92 Å². The standard InChI is InChI=1S/C3H6S5/c1-3-2-4-6-8-7-5-3/h3H,2H2,1H3. The van der Waals surface area contributed by atoms with Gasteiger partial charge in [0.25, 0.3) is 0 Å². The lowest BCUT2D eigenvalue weighted by Crippen LogP contribution is -1.93. The van der Waals surface area contributed by atoms with E-state index in [1.165, 1.54) is 5.75 Å². The second-order valence-corrected chi connectivity index (χ2v) is 9.55. The first-order chi connectivity index (χ1) is 3.89. The summed E-state index contributed by atoms with van der Waals surface area (Å²) in [4.78, 5) is 0. The highest BCUT2D eigenvalue weighted by molar-refractivity contribution is 9.36. The zero-order valence-electron chi connectivity index (χ0n) is 4.33. The van der Waals surface area contributed by atoms with Crippen LogP contribution in [0.5, 0.6) is 0 Å². The number of rotatable bonds is 0. The highest BCUT2D eigenvalue weighted by Gasteiger charge is 2.08. The van der Waals surface area contributed by atoms with Crippen LogP contribution in [-0.4, -0.2) is 11.0 Å². The lowest BCUT2D eigenvalue weighted by molar-refractivity contribution is 1.15. The first-order valence-corrected chi connectivity index (χ1v) is 8.56. The van der Waals surface area contributed by atoms with Gasteiger partial charge in [-0.1, -0.05) is 28.5 Å². The van der Waals surface area contributed by atoms with E-state index in [0.29, 0.717) is 0 Å². The van der Waals surface area contributed by atoms with Crippen molar-refractivity contribution in [1.29, 1.82) is 0 Å². The predicted octanol–water partition coefficient (Wildman–Crippen LogP) is 3.71. The Hall–Kier alpha value is 1.75. The van der Waals surface area contributed by atoms with Crippen LogP contribution in [0.15, 0.2) is 0 Å². The molecule has 0 N–H and O–H groups in total. The Morgan fingerprint density at radius 3 is 3.00 bits per heavy atom. The summed E-state index contributed by atoms with van der Waals surface area (Å²) in [5, 5.41) is 0.826. The Morgan fingerprint density at radius 2 is 2.12 bits per heavy atom. The van der Waals surface area contributed by atoms with Crippen LogP contribution >= 0.6 is 51.1 Å². The molecule has 1 unspecified atom stereocenters. The zero-order valence-corrected chi connectivity index (χ0v) is 8.41. The normalized spacial score (nSPS) is 31.9. The van der Waals surface area contributed by atoms with E-state index in [1.54, 1.807) is 0 Å². The second-order valence-electron chi connectivity index (χ2n) is 1.40. The summed E-state index contributed by atoms with van der Waals surface area (Å²) >= 11 is 0. The van der Waals surface area contributed by atoms with Crippen LogP contribution in [-0.2, 0) is 0 Å². The molecular weight excluding hydrogens is 196 g/mol. The van der Waals surface area contributed by atoms with Crippen LogP contribution in [0, 0.1) is 0 Å². The van der Waals surface area contributed by atoms with Gasteiger partial charge in [-0.15, -0.1) is 0 Å². The molecule has 0 amide bonds. The van der Waals surface area contributed by atoms with E-state index in [2.05, 4.69) is 6.92 Å². The van der Waals surface area contributed by atoms with Crippen molar-refractivity contribution in [1.82, 2.24) is 0 Å². The molecule has 0 spiro atoms. The molecule has 1 fully saturated rings. The van der Waals surface area contributed by atoms with Gasteiger partial charge in [0.05, 0.1) is 0 Å². The lowest BCUT2D eigenvalue weighted by Gasteiger charge is -1.99. The topological polar surface area (TPSA) is 0 Å². The van der Waals surface area contributed by atoms with Crippen molar-refractivity contribution < 1.29 is 0 Å². The van der Waals surface area contributed by atoms with Crippen LogP contribution in [0.25, 0.3) is 0 Å². The largest absolute Gasteiger partial charge is 0.0805 e. The SMILES string of the molecule is CC1CSSSSS1. The summed E-state index contributed by atoms with van der Waals surface area (Å²) in [5.41, 5.74) is 0. The molecule has 1 rings (SSSR count). The third-order valence-electron chi connectivity index (χ3n) is 0.610. The molecule has 8 heavy (non-hydrogen) atoms. The molecule has 1 atom stereocenters. The fraction of sp³-hybridized carbons (Fsp3) is 1.00. The Morgan fingerprint density at radius 1 is 1.25 bits per heavy atom. The van der Waals surface area contributed by atoms with E-state index in [9.17, 15) is 0 Å². The molecule has 1 aliphatic heterocycles. The molecule has 0 radical (unpaired) electrons. The van der Waals surface area contributed by atoms with E-state index in [-0.39, 0.29) is 0 Å². The summed E-state index contributed by atoms with van der Waals surface area (Å²) in [6, 6.07) is 0. The summed E-state index contributed by atoms with van der Waals surface area (Å²) in [6.07, 6.45) is 0. The van der Waals surface area contributed by atoms with Gasteiger partial charge in [0, 0.05) is 11.0 Å². The maximum atomic E-state index is 2.27. The van der Waals surface area contributed by atoms with Crippen LogP contribution in [0.3, 0.4) is 0 Å². The zero-order chi connectivity index (χ0) is 5.82. The fourth-order valence-electron chi connectivity index (χ4n) is 0.265. The second kappa shape index (κ2) is 4.55. The molecule has 1 heterocycles. The first-order valence-electron chi connectivity index (χ1n) is 2.18. The van der Waals surface area contributed by atoms with Crippen molar-refractivity contribution in [3.05, 3.63) is 0 Å². The summed E-state index contributed by atoms with van der Waals surface area (Å²) in [6.45, 7) is 2.27. The number of hydrogen-bond acceptors (Lipinski definition) is 5. The Bertz CT molecular complexity index is 56.7. The molecule has 48 valence electrons. The van der Waals surface area contributed by atoms with Gasteiger partial charge in [0.2, 0.25) is 0 Å². The smallest absolute Gasteiger partial charge is 0.0230 e. The number of hydrogen-bond donors (Lipinski definition) is 0. The molecule has 0 aromatic carbocycles.